The number of fused-ring (bicyclic) bond motifs is 1. The minimum Gasteiger partial charge on any atom is -0.323 e. The van der Waals surface area contributed by atoms with Crippen LogP contribution in [0.25, 0.3) is 11.0 Å². The molecule has 0 atom stereocenters. The van der Waals surface area contributed by atoms with Crippen LogP contribution in [0, 0.1) is 0 Å². The average Bonchev–Trinajstić information content (AvgIpc) is 2.65. The maximum atomic E-state index is 5.98. The SMILES string of the molecule is C=C(C)Cn1c(CCl)nc2cc(C(C)C)ccc21. The van der Waals surface area contributed by atoms with Crippen molar-refractivity contribution in [3.63, 3.8) is 0 Å². The van der Waals surface area contributed by atoms with Gasteiger partial charge in [0, 0.05) is 6.54 Å². The molecule has 0 saturated carbocycles. The molecule has 0 radical (unpaired) electrons. The third-order valence-electron chi connectivity index (χ3n) is 3.07. The maximum absolute atomic E-state index is 5.98. The Kier molecular flexibility index (Phi) is 3.76. The normalized spacial score (nSPS) is 11.4. The highest BCUT2D eigenvalue weighted by Crippen LogP contribution is 2.23. The van der Waals surface area contributed by atoms with Gasteiger partial charge < -0.3 is 4.57 Å². The zero-order valence-electron chi connectivity index (χ0n) is 11.2. The summed E-state index contributed by atoms with van der Waals surface area (Å²) >= 11 is 5.98. The van der Waals surface area contributed by atoms with Gasteiger partial charge in [-0.2, -0.15) is 0 Å². The third kappa shape index (κ3) is 2.44. The highest BCUT2D eigenvalue weighted by Gasteiger charge is 2.11. The van der Waals surface area contributed by atoms with E-state index in [4.69, 9.17) is 11.6 Å². The van der Waals surface area contributed by atoms with Crippen molar-refractivity contribution >= 4 is 22.6 Å². The second-order valence-corrected chi connectivity index (χ2v) is 5.38. The summed E-state index contributed by atoms with van der Waals surface area (Å²) in [6.07, 6.45) is 0. The molecule has 1 heterocycles. The predicted molar refractivity (Wildman–Crippen MR) is 78.2 cm³/mol. The maximum Gasteiger partial charge on any atom is 0.125 e. The molecule has 1 aromatic carbocycles. The summed E-state index contributed by atoms with van der Waals surface area (Å²) in [4.78, 5) is 4.62. The third-order valence-corrected chi connectivity index (χ3v) is 3.30. The summed E-state index contributed by atoms with van der Waals surface area (Å²) in [5.41, 5.74) is 4.58. The van der Waals surface area contributed by atoms with Gasteiger partial charge in [-0.3, -0.25) is 0 Å². The molecule has 0 fully saturated rings. The van der Waals surface area contributed by atoms with Gasteiger partial charge in [-0.1, -0.05) is 32.1 Å². The fourth-order valence-electron chi connectivity index (χ4n) is 2.10. The van der Waals surface area contributed by atoms with E-state index < -0.39 is 0 Å². The molecule has 3 heteroatoms. The highest BCUT2D eigenvalue weighted by atomic mass is 35.5. The number of imidazole rings is 1. The van der Waals surface area contributed by atoms with Crippen LogP contribution in [-0.4, -0.2) is 9.55 Å². The second-order valence-electron chi connectivity index (χ2n) is 5.11. The van der Waals surface area contributed by atoms with Gasteiger partial charge >= 0.3 is 0 Å². The first kappa shape index (κ1) is 13.2. The monoisotopic (exact) mass is 262 g/mol. The molecule has 96 valence electrons. The van der Waals surface area contributed by atoms with Crippen molar-refractivity contribution in [2.75, 3.05) is 0 Å². The first-order valence-electron chi connectivity index (χ1n) is 6.22. The predicted octanol–water partition coefficient (Wildman–Crippen LogP) is 4.47. The number of hydrogen-bond acceptors (Lipinski definition) is 1. The summed E-state index contributed by atoms with van der Waals surface area (Å²) in [7, 11) is 0. The van der Waals surface area contributed by atoms with Crippen LogP contribution in [0.1, 0.15) is 38.1 Å². The molecule has 0 aliphatic heterocycles. The fourth-order valence-corrected chi connectivity index (χ4v) is 2.31. The molecule has 0 N–H and O–H groups in total. The average molecular weight is 263 g/mol. The van der Waals surface area contributed by atoms with Gasteiger partial charge in [0.2, 0.25) is 0 Å². The minimum atomic E-state index is 0.430. The quantitative estimate of drug-likeness (QED) is 0.587. The van der Waals surface area contributed by atoms with E-state index >= 15 is 0 Å². The topological polar surface area (TPSA) is 17.8 Å². The number of aromatic nitrogens is 2. The summed E-state index contributed by atoms with van der Waals surface area (Å²) in [6.45, 7) is 11.1. The number of rotatable bonds is 4. The lowest BCUT2D eigenvalue weighted by atomic mass is 10.0. The van der Waals surface area contributed by atoms with Crippen LogP contribution in [0.15, 0.2) is 30.4 Å². The van der Waals surface area contributed by atoms with Gasteiger partial charge in [0.25, 0.3) is 0 Å². The van der Waals surface area contributed by atoms with E-state index in [1.165, 1.54) is 5.56 Å². The summed E-state index contributed by atoms with van der Waals surface area (Å²) < 4.78 is 2.15. The van der Waals surface area contributed by atoms with Crippen LogP contribution in [0.2, 0.25) is 0 Å². The molecule has 2 aromatic rings. The van der Waals surface area contributed by atoms with Gasteiger partial charge in [-0.15, -0.1) is 11.6 Å². The summed E-state index contributed by atoms with van der Waals surface area (Å²) in [5, 5.41) is 0. The van der Waals surface area contributed by atoms with Crippen LogP contribution < -0.4 is 0 Å². The van der Waals surface area contributed by atoms with Crippen LogP contribution in [0.5, 0.6) is 0 Å². The molecular formula is C15H19ClN2. The number of hydrogen-bond donors (Lipinski definition) is 0. The highest BCUT2D eigenvalue weighted by molar-refractivity contribution is 6.16. The van der Waals surface area contributed by atoms with Crippen molar-refractivity contribution in [3.05, 3.63) is 41.7 Å². The lowest BCUT2D eigenvalue weighted by molar-refractivity contribution is 0.768. The molecular weight excluding hydrogens is 244 g/mol. The van der Waals surface area contributed by atoms with Crippen LogP contribution in [-0.2, 0) is 12.4 Å². The van der Waals surface area contributed by atoms with Crippen LogP contribution >= 0.6 is 11.6 Å². The standard InChI is InChI=1S/C15H19ClN2/c1-10(2)9-18-14-6-5-12(11(3)4)7-13(14)17-15(18)8-16/h5-7,11H,1,8-9H2,2-4H3. The summed E-state index contributed by atoms with van der Waals surface area (Å²) in [5.74, 6) is 1.86. The van der Waals surface area contributed by atoms with Gasteiger partial charge in [-0.05, 0) is 30.5 Å². The molecule has 0 amide bonds. The van der Waals surface area contributed by atoms with Crippen LogP contribution in [0.4, 0.5) is 0 Å². The molecule has 0 unspecified atom stereocenters. The lowest BCUT2D eigenvalue weighted by Crippen LogP contribution is -2.02. The van der Waals surface area contributed by atoms with E-state index in [2.05, 4.69) is 48.2 Å². The van der Waals surface area contributed by atoms with Gasteiger partial charge in [0.1, 0.15) is 5.82 Å². The van der Waals surface area contributed by atoms with E-state index in [9.17, 15) is 0 Å². The van der Waals surface area contributed by atoms with E-state index in [0.29, 0.717) is 11.8 Å². The van der Waals surface area contributed by atoms with Crippen LogP contribution in [0.3, 0.4) is 0 Å². The molecule has 0 spiro atoms. The van der Waals surface area contributed by atoms with Crippen molar-refractivity contribution in [3.8, 4) is 0 Å². The zero-order chi connectivity index (χ0) is 13.3. The van der Waals surface area contributed by atoms with Crippen molar-refractivity contribution < 1.29 is 0 Å². The Hall–Kier alpha value is -1.28. The Morgan fingerprint density at radius 2 is 2.17 bits per heavy atom. The molecule has 0 aliphatic carbocycles. The number of halogens is 1. The van der Waals surface area contributed by atoms with E-state index in [1.807, 2.05) is 6.92 Å². The fraction of sp³-hybridized carbons (Fsp3) is 0.400. The number of nitrogens with zero attached hydrogens (tertiary/aromatic N) is 2. The van der Waals surface area contributed by atoms with E-state index in [0.717, 1.165) is 29.0 Å². The molecule has 2 rings (SSSR count). The Labute approximate surface area is 113 Å². The summed E-state index contributed by atoms with van der Waals surface area (Å²) in [6, 6.07) is 6.46. The van der Waals surface area contributed by atoms with Gasteiger partial charge in [0.15, 0.2) is 0 Å². The van der Waals surface area contributed by atoms with Crippen molar-refractivity contribution in [1.82, 2.24) is 9.55 Å². The minimum absolute atomic E-state index is 0.430. The Bertz CT molecular complexity index is 581. The van der Waals surface area contributed by atoms with E-state index in [1.54, 1.807) is 0 Å². The smallest absolute Gasteiger partial charge is 0.125 e. The zero-order valence-corrected chi connectivity index (χ0v) is 12.0. The number of alkyl halides is 1. The molecule has 0 bridgehead atoms. The molecule has 0 saturated heterocycles. The number of allylic oxidation sites excluding steroid dienone is 1. The first-order chi connectivity index (χ1) is 8.52. The molecule has 1 aromatic heterocycles. The number of benzene rings is 1. The molecule has 0 aliphatic rings. The van der Waals surface area contributed by atoms with Crippen molar-refractivity contribution in [2.24, 2.45) is 0 Å². The Balaban J connectivity index is 2.58. The molecule has 18 heavy (non-hydrogen) atoms. The van der Waals surface area contributed by atoms with E-state index in [-0.39, 0.29) is 0 Å². The first-order valence-corrected chi connectivity index (χ1v) is 6.75. The lowest BCUT2D eigenvalue weighted by Gasteiger charge is -2.08. The van der Waals surface area contributed by atoms with Gasteiger partial charge in [-0.25, -0.2) is 4.98 Å². The van der Waals surface area contributed by atoms with Gasteiger partial charge in [0.05, 0.1) is 16.9 Å². The second kappa shape index (κ2) is 5.15. The van der Waals surface area contributed by atoms with Crippen molar-refractivity contribution in [1.29, 1.82) is 0 Å². The molecule has 2 nitrogen and oxygen atoms in total. The van der Waals surface area contributed by atoms with Crippen molar-refractivity contribution in [2.45, 2.75) is 39.1 Å². The largest absolute Gasteiger partial charge is 0.323 e. The Morgan fingerprint density at radius 3 is 2.72 bits per heavy atom. The Morgan fingerprint density at radius 1 is 1.44 bits per heavy atom.